The van der Waals surface area contributed by atoms with E-state index in [9.17, 15) is 13.2 Å². The second-order valence-corrected chi connectivity index (χ2v) is 7.06. The molecule has 1 rings (SSSR count). The van der Waals surface area contributed by atoms with Crippen LogP contribution in [0.1, 0.15) is 56.9 Å². The molecule has 2 atom stereocenters. The van der Waals surface area contributed by atoms with Gasteiger partial charge in [-0.25, -0.2) is 0 Å². The lowest BCUT2D eigenvalue weighted by Crippen LogP contribution is -2.23. The summed E-state index contributed by atoms with van der Waals surface area (Å²) in [5.41, 5.74) is 0.282. The topological polar surface area (TPSA) is 0 Å². The highest BCUT2D eigenvalue weighted by Gasteiger charge is 2.41. The maximum Gasteiger partial charge on any atom is 0.395 e. The van der Waals surface area contributed by atoms with E-state index in [1.54, 1.807) is 0 Å². The van der Waals surface area contributed by atoms with Crippen LogP contribution >= 0.6 is 27.5 Å². The van der Waals surface area contributed by atoms with Crippen LogP contribution in [0.4, 0.5) is 13.2 Å². The molecular formula is C16H21BrClF3. The average Bonchev–Trinajstić information content (AvgIpc) is 2.41. The van der Waals surface area contributed by atoms with E-state index in [1.165, 1.54) is 24.3 Å². The van der Waals surface area contributed by atoms with Crippen LogP contribution in [0.3, 0.4) is 0 Å². The second kappa shape index (κ2) is 9.04. The molecule has 0 aliphatic carbocycles. The van der Waals surface area contributed by atoms with Gasteiger partial charge in [-0.3, -0.25) is 0 Å². The van der Waals surface area contributed by atoms with Crippen LogP contribution in [0.2, 0.25) is 5.02 Å². The lowest BCUT2D eigenvalue weighted by molar-refractivity contribution is -0.151. The molecule has 120 valence electrons. The number of halogens is 5. The number of benzene rings is 1. The molecule has 0 aliphatic heterocycles. The Balaban J connectivity index is 2.65. The van der Waals surface area contributed by atoms with Crippen molar-refractivity contribution in [1.82, 2.24) is 0 Å². The van der Waals surface area contributed by atoms with Crippen molar-refractivity contribution in [2.45, 2.75) is 62.4 Å². The summed E-state index contributed by atoms with van der Waals surface area (Å²) >= 11 is 9.15. The maximum absolute atomic E-state index is 13.3. The molecule has 0 spiro atoms. The fraction of sp³-hybridized carbons (Fsp3) is 0.625. The van der Waals surface area contributed by atoms with Gasteiger partial charge in [0.2, 0.25) is 0 Å². The van der Waals surface area contributed by atoms with Gasteiger partial charge in [0.1, 0.15) is 0 Å². The van der Waals surface area contributed by atoms with Crippen molar-refractivity contribution in [3.8, 4) is 0 Å². The van der Waals surface area contributed by atoms with Gasteiger partial charge in [-0.15, -0.1) is 0 Å². The van der Waals surface area contributed by atoms with E-state index < -0.39 is 12.1 Å². The first kappa shape index (κ1) is 18.8. The van der Waals surface area contributed by atoms with Gasteiger partial charge >= 0.3 is 6.18 Å². The zero-order valence-corrected chi connectivity index (χ0v) is 14.4. The van der Waals surface area contributed by atoms with Crippen LogP contribution < -0.4 is 0 Å². The fourth-order valence-corrected chi connectivity index (χ4v) is 3.14. The van der Waals surface area contributed by atoms with Crippen molar-refractivity contribution in [3.63, 3.8) is 0 Å². The predicted octanol–water partition coefficient (Wildman–Crippen LogP) is 7.11. The molecule has 5 heteroatoms. The molecule has 0 unspecified atom stereocenters. The summed E-state index contributed by atoms with van der Waals surface area (Å²) in [6, 6.07) is 5.97. The Morgan fingerprint density at radius 3 is 2.24 bits per heavy atom. The highest BCUT2D eigenvalue weighted by molar-refractivity contribution is 9.09. The van der Waals surface area contributed by atoms with E-state index in [4.69, 9.17) is 11.6 Å². The molecule has 0 fully saturated rings. The maximum atomic E-state index is 13.3. The first-order chi connectivity index (χ1) is 9.84. The van der Waals surface area contributed by atoms with Crippen LogP contribution in [0.5, 0.6) is 0 Å². The Kier molecular flexibility index (Phi) is 8.10. The van der Waals surface area contributed by atoms with E-state index in [0.717, 1.165) is 32.1 Å². The zero-order chi connectivity index (χ0) is 15.9. The van der Waals surface area contributed by atoms with E-state index in [1.807, 2.05) is 0 Å². The molecule has 0 saturated carbocycles. The molecule has 0 heterocycles. The zero-order valence-electron chi connectivity index (χ0n) is 12.1. The summed E-state index contributed by atoms with van der Waals surface area (Å²) in [6.45, 7) is 2.12. The van der Waals surface area contributed by atoms with Gasteiger partial charge in [0.25, 0.3) is 0 Å². The summed E-state index contributed by atoms with van der Waals surface area (Å²) in [5, 5.41) is 0.453. The van der Waals surface area contributed by atoms with Crippen molar-refractivity contribution < 1.29 is 13.2 Å². The highest BCUT2D eigenvalue weighted by atomic mass is 79.9. The van der Waals surface area contributed by atoms with Gasteiger partial charge in [-0.05, 0) is 30.5 Å². The summed E-state index contributed by atoms with van der Waals surface area (Å²) in [5.74, 6) is -1.44. The third-order valence-corrected chi connectivity index (χ3v) is 4.61. The molecule has 0 N–H and O–H groups in total. The van der Waals surface area contributed by atoms with Gasteiger partial charge in [-0.1, -0.05) is 72.3 Å². The number of unbranched alkanes of at least 4 members (excludes halogenated alkanes) is 3. The van der Waals surface area contributed by atoms with E-state index in [2.05, 4.69) is 22.9 Å². The quantitative estimate of drug-likeness (QED) is 0.330. The summed E-state index contributed by atoms with van der Waals surface area (Å²) in [6.07, 6.45) is 0.925. The third-order valence-electron chi connectivity index (χ3n) is 3.53. The third kappa shape index (κ3) is 7.05. The lowest BCUT2D eigenvalue weighted by atomic mass is 9.92. The molecule has 0 nitrogen and oxygen atoms in total. The lowest BCUT2D eigenvalue weighted by Gasteiger charge is -2.23. The van der Waals surface area contributed by atoms with E-state index >= 15 is 0 Å². The smallest absolute Gasteiger partial charge is 0.170 e. The van der Waals surface area contributed by atoms with Crippen molar-refractivity contribution in [2.24, 2.45) is 0 Å². The van der Waals surface area contributed by atoms with E-state index in [0.29, 0.717) is 5.02 Å². The van der Waals surface area contributed by atoms with Gasteiger partial charge in [-0.2, -0.15) is 13.2 Å². The normalized spacial score (nSPS) is 15.0. The minimum Gasteiger partial charge on any atom is -0.170 e. The minimum absolute atomic E-state index is 0.0667. The highest BCUT2D eigenvalue weighted by Crippen LogP contribution is 2.40. The first-order valence-corrected chi connectivity index (χ1v) is 8.60. The van der Waals surface area contributed by atoms with Crippen LogP contribution in [-0.4, -0.2) is 11.0 Å². The van der Waals surface area contributed by atoms with Gasteiger partial charge in [0.05, 0.1) is 5.92 Å². The summed E-state index contributed by atoms with van der Waals surface area (Å²) in [4.78, 5) is -0.114. The molecular weight excluding hydrogens is 365 g/mol. The monoisotopic (exact) mass is 384 g/mol. The second-order valence-electron chi connectivity index (χ2n) is 5.33. The minimum atomic E-state index is -4.23. The molecule has 0 aliphatic rings. The molecule has 0 saturated heterocycles. The van der Waals surface area contributed by atoms with Crippen LogP contribution in [0, 0.1) is 0 Å². The Morgan fingerprint density at radius 1 is 1.10 bits per heavy atom. The van der Waals surface area contributed by atoms with Crippen molar-refractivity contribution >= 4 is 27.5 Å². The van der Waals surface area contributed by atoms with Crippen molar-refractivity contribution in [2.75, 3.05) is 0 Å². The number of alkyl halides is 4. The van der Waals surface area contributed by atoms with Crippen molar-refractivity contribution in [3.05, 3.63) is 34.9 Å². The first-order valence-electron chi connectivity index (χ1n) is 7.30. The Morgan fingerprint density at radius 2 is 1.71 bits per heavy atom. The molecule has 0 amide bonds. The Labute approximate surface area is 138 Å². The number of hydrogen-bond donors (Lipinski definition) is 0. The van der Waals surface area contributed by atoms with Gasteiger partial charge in [0, 0.05) is 9.85 Å². The predicted molar refractivity (Wildman–Crippen MR) is 86.3 cm³/mol. The Hall–Kier alpha value is -0.220. The molecule has 0 bridgehead atoms. The standard InChI is InChI=1S/C16H21BrClF3/c1-2-3-4-5-6-13(17)11-15(16(19,20)21)12-7-9-14(18)10-8-12/h7-10,13,15H,2-6,11H2,1H3/t13-,15+/m1/s1. The molecule has 21 heavy (non-hydrogen) atoms. The fourth-order valence-electron chi connectivity index (χ4n) is 2.32. The average molecular weight is 386 g/mol. The molecule has 1 aromatic rings. The van der Waals surface area contributed by atoms with Crippen LogP contribution in [0.25, 0.3) is 0 Å². The van der Waals surface area contributed by atoms with Crippen LogP contribution in [-0.2, 0) is 0 Å². The molecule has 0 aromatic heterocycles. The number of hydrogen-bond acceptors (Lipinski definition) is 0. The SMILES string of the molecule is CCCCCC[C@@H](Br)C[C@@H](c1ccc(Cl)cc1)C(F)(F)F. The van der Waals surface area contributed by atoms with Crippen LogP contribution in [0.15, 0.2) is 24.3 Å². The largest absolute Gasteiger partial charge is 0.395 e. The Bertz CT molecular complexity index is 403. The summed E-state index contributed by atoms with van der Waals surface area (Å²) < 4.78 is 39.8. The number of rotatable bonds is 8. The molecule has 0 radical (unpaired) electrons. The van der Waals surface area contributed by atoms with Gasteiger partial charge in [0.15, 0.2) is 0 Å². The van der Waals surface area contributed by atoms with E-state index in [-0.39, 0.29) is 16.8 Å². The van der Waals surface area contributed by atoms with Gasteiger partial charge < -0.3 is 0 Å². The molecule has 1 aromatic carbocycles. The van der Waals surface area contributed by atoms with Crippen molar-refractivity contribution in [1.29, 1.82) is 0 Å². The summed E-state index contributed by atoms with van der Waals surface area (Å²) in [7, 11) is 0.